The van der Waals surface area contributed by atoms with E-state index in [1.165, 1.54) is 37.7 Å². The summed E-state index contributed by atoms with van der Waals surface area (Å²) in [5.41, 5.74) is 6.02. The smallest absolute Gasteiger partial charge is 0.262 e. The molecule has 8 heteroatoms. The molecule has 0 spiro atoms. The Bertz CT molecular complexity index is 1510. The van der Waals surface area contributed by atoms with Crippen LogP contribution in [0.1, 0.15) is 34.3 Å². The monoisotopic (exact) mass is 477 g/mol. The number of nitrogens with one attached hydrogen (secondary N) is 1. The number of hydrogen-bond acceptors (Lipinski definition) is 5. The van der Waals surface area contributed by atoms with Gasteiger partial charge in [-0.2, -0.15) is 10.2 Å². The third kappa shape index (κ3) is 4.38. The molecule has 36 heavy (non-hydrogen) atoms. The van der Waals surface area contributed by atoms with E-state index in [9.17, 15) is 4.79 Å². The number of aryl methyl sites for hydroxylation is 1. The van der Waals surface area contributed by atoms with E-state index >= 15 is 0 Å². The molecule has 0 saturated carbocycles. The maximum Gasteiger partial charge on any atom is 0.262 e. The molecular weight excluding hydrogens is 450 g/mol. The van der Waals surface area contributed by atoms with Gasteiger partial charge in [-0.05, 0) is 56.6 Å². The zero-order chi connectivity index (χ0) is 24.5. The minimum absolute atomic E-state index is 0.288. The average molecular weight is 478 g/mol. The van der Waals surface area contributed by atoms with Crippen LogP contribution in [-0.2, 0) is 6.54 Å². The van der Waals surface area contributed by atoms with Crippen LogP contribution in [0.25, 0.3) is 22.6 Å². The minimum atomic E-state index is -0.288. The molecule has 1 saturated heterocycles. The van der Waals surface area contributed by atoms with Crippen molar-refractivity contribution in [3.8, 4) is 16.9 Å². The summed E-state index contributed by atoms with van der Waals surface area (Å²) < 4.78 is 3.35. The molecule has 0 bridgehead atoms. The molecule has 0 unspecified atom stereocenters. The molecule has 1 amide bonds. The number of benzene rings is 2. The highest BCUT2D eigenvalue weighted by Crippen LogP contribution is 2.26. The van der Waals surface area contributed by atoms with Gasteiger partial charge in [-0.25, -0.2) is 14.2 Å². The Morgan fingerprint density at radius 2 is 1.81 bits per heavy atom. The van der Waals surface area contributed by atoms with E-state index < -0.39 is 0 Å². The molecule has 4 heterocycles. The number of fused-ring (bicyclic) bond motifs is 1. The van der Waals surface area contributed by atoms with Crippen LogP contribution < -0.4 is 5.32 Å². The van der Waals surface area contributed by atoms with Gasteiger partial charge in [0.15, 0.2) is 5.65 Å². The first kappa shape index (κ1) is 22.2. The summed E-state index contributed by atoms with van der Waals surface area (Å²) >= 11 is 0. The highest BCUT2D eigenvalue weighted by atomic mass is 16.1. The van der Waals surface area contributed by atoms with Crippen LogP contribution in [0.3, 0.4) is 0 Å². The van der Waals surface area contributed by atoms with Gasteiger partial charge in [0.1, 0.15) is 11.4 Å². The summed E-state index contributed by atoms with van der Waals surface area (Å²) in [6, 6.07) is 20.3. The highest BCUT2D eigenvalue weighted by Gasteiger charge is 2.19. The van der Waals surface area contributed by atoms with Crippen molar-refractivity contribution >= 4 is 17.4 Å². The number of aromatic nitrogens is 5. The number of hydrogen-bond donors (Lipinski definition) is 1. The Hall–Kier alpha value is -4.30. The third-order valence-corrected chi connectivity index (χ3v) is 6.61. The van der Waals surface area contributed by atoms with Crippen molar-refractivity contribution < 1.29 is 4.79 Å². The Labute approximate surface area is 209 Å². The van der Waals surface area contributed by atoms with Crippen molar-refractivity contribution in [3.63, 3.8) is 0 Å². The Morgan fingerprint density at radius 1 is 1.03 bits per heavy atom. The van der Waals surface area contributed by atoms with Gasteiger partial charge in [0.25, 0.3) is 5.91 Å². The van der Waals surface area contributed by atoms with Crippen molar-refractivity contribution in [2.75, 3.05) is 18.4 Å². The molecule has 2 aromatic carbocycles. The Balaban J connectivity index is 1.32. The van der Waals surface area contributed by atoms with Crippen LogP contribution in [0, 0.1) is 6.92 Å². The lowest BCUT2D eigenvalue weighted by Crippen LogP contribution is -2.18. The fourth-order valence-corrected chi connectivity index (χ4v) is 4.64. The zero-order valence-corrected chi connectivity index (χ0v) is 20.1. The molecule has 180 valence electrons. The van der Waals surface area contributed by atoms with Gasteiger partial charge in [-0.3, -0.25) is 9.69 Å². The van der Waals surface area contributed by atoms with Gasteiger partial charge >= 0.3 is 0 Å². The van der Waals surface area contributed by atoms with E-state index in [2.05, 4.69) is 44.6 Å². The molecule has 0 atom stereocenters. The van der Waals surface area contributed by atoms with E-state index in [0.29, 0.717) is 17.0 Å². The number of amides is 1. The molecule has 0 aliphatic carbocycles. The molecule has 6 rings (SSSR count). The molecule has 1 fully saturated rings. The lowest BCUT2D eigenvalue weighted by molar-refractivity contribution is 0.102. The largest absolute Gasteiger partial charge is 0.306 e. The summed E-state index contributed by atoms with van der Waals surface area (Å²) in [7, 11) is 0. The molecule has 8 nitrogen and oxygen atoms in total. The second-order valence-electron chi connectivity index (χ2n) is 9.24. The fourth-order valence-electron chi connectivity index (χ4n) is 4.64. The molecule has 1 aliphatic rings. The van der Waals surface area contributed by atoms with Crippen molar-refractivity contribution in [1.82, 2.24) is 29.3 Å². The number of likely N-dealkylation sites (tertiary alicyclic amines) is 1. The van der Waals surface area contributed by atoms with E-state index in [1.54, 1.807) is 27.7 Å². The Kier molecular flexibility index (Phi) is 5.79. The quantitative estimate of drug-likeness (QED) is 0.382. The third-order valence-electron chi connectivity index (χ3n) is 6.61. The molecule has 0 radical (unpaired) electrons. The molecule has 1 N–H and O–H groups in total. The van der Waals surface area contributed by atoms with E-state index in [4.69, 9.17) is 5.10 Å². The van der Waals surface area contributed by atoms with Crippen molar-refractivity contribution in [2.45, 2.75) is 26.3 Å². The normalized spacial score (nSPS) is 13.9. The molecule has 1 aliphatic heterocycles. The molecule has 5 aromatic rings. The number of carbonyl (C=O) groups is 1. The number of nitrogens with zero attached hydrogens (tertiary/aromatic N) is 6. The standard InChI is InChI=1S/C28H27N7O/c1-20-5-11-23(12-6-20)35-26(31-28(36)24-18-30-34-16-4-13-29-27(24)34)17-25(32-35)22-9-7-21(8-10-22)19-33-14-2-3-15-33/h4-13,16-18H,2-3,14-15,19H2,1H3,(H,31,36). The van der Waals surface area contributed by atoms with Gasteiger partial charge in [-0.1, -0.05) is 42.0 Å². The maximum absolute atomic E-state index is 13.2. The first-order valence-electron chi connectivity index (χ1n) is 12.2. The topological polar surface area (TPSA) is 80.4 Å². The van der Waals surface area contributed by atoms with E-state index in [0.717, 1.165) is 29.1 Å². The van der Waals surface area contributed by atoms with Gasteiger partial charge in [-0.15, -0.1) is 0 Å². The second-order valence-corrected chi connectivity index (χ2v) is 9.24. The first-order chi connectivity index (χ1) is 17.6. The van der Waals surface area contributed by atoms with Crippen LogP contribution in [0.4, 0.5) is 5.82 Å². The Morgan fingerprint density at radius 3 is 2.58 bits per heavy atom. The summed E-state index contributed by atoms with van der Waals surface area (Å²) in [5.74, 6) is 0.291. The number of rotatable bonds is 6. The number of anilines is 1. The van der Waals surface area contributed by atoms with Gasteiger partial charge in [0.2, 0.25) is 0 Å². The minimum Gasteiger partial charge on any atom is -0.306 e. The van der Waals surface area contributed by atoms with Crippen LogP contribution in [0.5, 0.6) is 0 Å². The van der Waals surface area contributed by atoms with Gasteiger partial charge in [0, 0.05) is 30.6 Å². The van der Waals surface area contributed by atoms with Crippen LogP contribution >= 0.6 is 0 Å². The first-order valence-corrected chi connectivity index (χ1v) is 12.2. The fraction of sp³-hybridized carbons (Fsp3) is 0.214. The molecular formula is C28H27N7O. The number of carbonyl (C=O) groups excluding carboxylic acids is 1. The van der Waals surface area contributed by atoms with Crippen molar-refractivity contribution in [2.24, 2.45) is 0 Å². The van der Waals surface area contributed by atoms with Crippen molar-refractivity contribution in [3.05, 3.63) is 95.9 Å². The van der Waals surface area contributed by atoms with Crippen molar-refractivity contribution in [1.29, 1.82) is 0 Å². The lowest BCUT2D eigenvalue weighted by Gasteiger charge is -2.14. The SMILES string of the molecule is Cc1ccc(-n2nc(-c3ccc(CN4CCCC4)cc3)cc2NC(=O)c2cnn3cccnc23)cc1. The second kappa shape index (κ2) is 9.39. The summed E-state index contributed by atoms with van der Waals surface area (Å²) in [4.78, 5) is 20.0. The maximum atomic E-state index is 13.2. The van der Waals surface area contributed by atoms with E-state index in [-0.39, 0.29) is 5.91 Å². The van der Waals surface area contributed by atoms with Gasteiger partial charge in [0.05, 0.1) is 17.6 Å². The van der Waals surface area contributed by atoms with E-state index in [1.807, 2.05) is 37.3 Å². The van der Waals surface area contributed by atoms with Crippen LogP contribution in [-0.4, -0.2) is 48.3 Å². The predicted molar refractivity (Wildman–Crippen MR) is 139 cm³/mol. The summed E-state index contributed by atoms with van der Waals surface area (Å²) in [6.45, 7) is 5.37. The lowest BCUT2D eigenvalue weighted by atomic mass is 10.1. The summed E-state index contributed by atoms with van der Waals surface area (Å²) in [6.07, 6.45) is 7.52. The summed E-state index contributed by atoms with van der Waals surface area (Å²) in [5, 5.41) is 12.1. The van der Waals surface area contributed by atoms with Crippen LogP contribution in [0.15, 0.2) is 79.3 Å². The zero-order valence-electron chi connectivity index (χ0n) is 20.1. The highest BCUT2D eigenvalue weighted by molar-refractivity contribution is 6.08. The molecule has 3 aromatic heterocycles. The van der Waals surface area contributed by atoms with Gasteiger partial charge < -0.3 is 5.32 Å². The van der Waals surface area contributed by atoms with Crippen LogP contribution in [0.2, 0.25) is 0 Å². The predicted octanol–water partition coefficient (Wildman–Crippen LogP) is 4.74. The average Bonchev–Trinajstić information content (AvgIpc) is 3.65.